The molecule has 0 aliphatic rings. The van der Waals surface area contributed by atoms with Gasteiger partial charge in [0.05, 0.1) is 31.8 Å². The summed E-state index contributed by atoms with van der Waals surface area (Å²) in [6.07, 6.45) is 0.145. The van der Waals surface area contributed by atoms with E-state index in [1.165, 1.54) is 6.07 Å². The van der Waals surface area contributed by atoms with Crippen molar-refractivity contribution in [1.82, 2.24) is 5.09 Å². The Morgan fingerprint density at radius 2 is 2.00 bits per heavy atom. The molecule has 2 aromatic rings. The molecule has 0 amide bonds. The minimum atomic E-state index is -1.52. The molecule has 2 unspecified atom stereocenters. The molecule has 33 heavy (non-hydrogen) atoms. The second kappa shape index (κ2) is 14.8. The molecule has 11 heteroatoms. The third-order valence-corrected chi connectivity index (χ3v) is 6.60. The van der Waals surface area contributed by atoms with Gasteiger partial charge in [-0.25, -0.2) is 14.8 Å². The maximum absolute atomic E-state index is 12.5. The lowest BCUT2D eigenvalue weighted by atomic mass is 10.0. The van der Waals surface area contributed by atoms with E-state index in [2.05, 4.69) is 29.9 Å². The molecule has 0 aliphatic heterocycles. The van der Waals surface area contributed by atoms with Crippen LogP contribution in [0.15, 0.2) is 33.5 Å². The largest absolute Gasteiger partial charge is 0.423 e. The van der Waals surface area contributed by atoms with Crippen molar-refractivity contribution in [2.45, 2.75) is 52.7 Å². The van der Waals surface area contributed by atoms with Crippen LogP contribution in [0.5, 0.6) is 0 Å². The minimum Gasteiger partial charge on any atom is -0.423 e. The van der Waals surface area contributed by atoms with Gasteiger partial charge < -0.3 is 18.4 Å². The molecule has 2 rings (SSSR count). The number of hydrogen-bond acceptors (Lipinski definition) is 9. The molecule has 0 aliphatic carbocycles. The molecule has 0 saturated carbocycles. The van der Waals surface area contributed by atoms with Gasteiger partial charge in [0.2, 0.25) is 0 Å². The van der Waals surface area contributed by atoms with Gasteiger partial charge in [-0.15, -0.1) is 0 Å². The predicted molar refractivity (Wildman–Crippen MR) is 137 cm³/mol. The highest BCUT2D eigenvalue weighted by molar-refractivity contribution is 14.1. The number of anilines is 1. The van der Waals surface area contributed by atoms with Gasteiger partial charge in [-0.1, -0.05) is 0 Å². The lowest BCUT2D eigenvalue weighted by Gasteiger charge is -2.26. The quantitative estimate of drug-likeness (QED) is 0.0714. The molecule has 0 fully saturated rings. The van der Waals surface area contributed by atoms with Crippen LogP contribution in [0.1, 0.15) is 52.2 Å². The van der Waals surface area contributed by atoms with Crippen LogP contribution in [-0.4, -0.2) is 32.3 Å². The SMILES string of the molecule is CCN(CC)c1ccc2c(C(CCOOI)OP(NC(C)C)OCCC#N)cc(=O)oc2c1. The third kappa shape index (κ3) is 8.76. The second-order valence-electron chi connectivity index (χ2n) is 7.42. The first-order valence-corrected chi connectivity index (χ1v) is 12.9. The van der Waals surface area contributed by atoms with E-state index in [4.69, 9.17) is 26.8 Å². The van der Waals surface area contributed by atoms with Gasteiger partial charge in [0.25, 0.3) is 8.53 Å². The average Bonchev–Trinajstić information content (AvgIpc) is 2.78. The van der Waals surface area contributed by atoms with Crippen molar-refractivity contribution in [3.8, 4) is 6.07 Å². The number of rotatable bonds is 15. The number of hydrogen-bond donors (Lipinski definition) is 1. The average molecular weight is 591 g/mol. The maximum atomic E-state index is 12.5. The van der Waals surface area contributed by atoms with Crippen molar-refractivity contribution in [2.75, 3.05) is 31.2 Å². The summed E-state index contributed by atoms with van der Waals surface area (Å²) < 4.78 is 22.4. The zero-order valence-electron chi connectivity index (χ0n) is 19.4. The molecule has 182 valence electrons. The van der Waals surface area contributed by atoms with Crippen LogP contribution in [0.4, 0.5) is 5.69 Å². The van der Waals surface area contributed by atoms with Crippen LogP contribution in [0.3, 0.4) is 0 Å². The molecule has 1 aromatic carbocycles. The van der Waals surface area contributed by atoms with E-state index in [9.17, 15) is 4.79 Å². The highest BCUT2D eigenvalue weighted by atomic mass is 127. The summed E-state index contributed by atoms with van der Waals surface area (Å²) >= 11 is 1.65. The summed E-state index contributed by atoms with van der Waals surface area (Å²) in [7, 11) is -1.52. The number of nitriles is 1. The monoisotopic (exact) mass is 591 g/mol. The predicted octanol–water partition coefficient (Wildman–Crippen LogP) is 5.54. The first-order valence-electron chi connectivity index (χ1n) is 10.9. The Kier molecular flexibility index (Phi) is 12.6. The van der Waals surface area contributed by atoms with E-state index in [1.54, 1.807) is 23.0 Å². The van der Waals surface area contributed by atoms with Gasteiger partial charge in [0.1, 0.15) is 5.58 Å². The normalized spacial score (nSPS) is 13.2. The summed E-state index contributed by atoms with van der Waals surface area (Å²) in [5, 5.41) is 12.9. The van der Waals surface area contributed by atoms with Gasteiger partial charge >= 0.3 is 5.63 Å². The van der Waals surface area contributed by atoms with Gasteiger partial charge in [-0.3, -0.25) is 0 Å². The van der Waals surface area contributed by atoms with Crippen LogP contribution in [0.2, 0.25) is 0 Å². The molecule has 1 heterocycles. The highest BCUT2D eigenvalue weighted by Crippen LogP contribution is 2.43. The zero-order valence-corrected chi connectivity index (χ0v) is 22.4. The first kappa shape index (κ1) is 27.9. The number of benzene rings is 1. The lowest BCUT2D eigenvalue weighted by molar-refractivity contribution is -0.170. The molecular weight excluding hydrogens is 560 g/mol. The molecule has 2 atom stereocenters. The number of nitrogens with one attached hydrogen (secondary N) is 1. The van der Waals surface area contributed by atoms with Crippen molar-refractivity contribution in [3.63, 3.8) is 0 Å². The van der Waals surface area contributed by atoms with Crippen LogP contribution < -0.4 is 15.6 Å². The van der Waals surface area contributed by atoms with E-state index < -0.39 is 20.3 Å². The van der Waals surface area contributed by atoms with Crippen molar-refractivity contribution in [2.24, 2.45) is 0 Å². The summed E-state index contributed by atoms with van der Waals surface area (Å²) in [4.78, 5) is 19.7. The molecule has 0 spiro atoms. The van der Waals surface area contributed by atoms with Crippen LogP contribution in [0, 0.1) is 11.3 Å². The molecule has 0 saturated heterocycles. The smallest absolute Gasteiger partial charge is 0.336 e. The molecule has 0 radical (unpaired) electrons. The van der Waals surface area contributed by atoms with Crippen molar-refractivity contribution >= 4 is 48.2 Å². The topological polar surface area (TPSA) is 106 Å². The van der Waals surface area contributed by atoms with Crippen molar-refractivity contribution < 1.29 is 21.6 Å². The first-order chi connectivity index (χ1) is 15.9. The maximum Gasteiger partial charge on any atom is 0.336 e. The van der Waals surface area contributed by atoms with E-state index in [1.807, 2.05) is 32.0 Å². The van der Waals surface area contributed by atoms with E-state index >= 15 is 0 Å². The number of fused-ring (bicyclic) bond motifs is 1. The minimum absolute atomic E-state index is 0.0991. The van der Waals surface area contributed by atoms with E-state index in [-0.39, 0.29) is 25.7 Å². The molecule has 9 nitrogen and oxygen atoms in total. The van der Waals surface area contributed by atoms with Crippen LogP contribution >= 0.6 is 31.5 Å². The fraction of sp³-hybridized carbons (Fsp3) is 0.545. The third-order valence-electron chi connectivity index (χ3n) is 4.75. The molecular formula is C22H31IN3O6P. The van der Waals surface area contributed by atoms with Gasteiger partial charge in [0.15, 0.2) is 23.0 Å². The van der Waals surface area contributed by atoms with Crippen LogP contribution in [0.25, 0.3) is 11.0 Å². The van der Waals surface area contributed by atoms with E-state index in [0.29, 0.717) is 17.6 Å². The molecule has 1 aromatic heterocycles. The van der Waals surface area contributed by atoms with Gasteiger partial charge in [0, 0.05) is 48.8 Å². The number of halogens is 1. The number of nitrogens with zero attached hydrogens (tertiary/aromatic N) is 2. The van der Waals surface area contributed by atoms with E-state index in [0.717, 1.165) is 24.2 Å². The summed E-state index contributed by atoms with van der Waals surface area (Å²) in [5.41, 5.74) is 1.70. The summed E-state index contributed by atoms with van der Waals surface area (Å²) in [6.45, 7) is 10.3. The molecule has 0 bridgehead atoms. The van der Waals surface area contributed by atoms with Gasteiger partial charge in [-0.05, 0) is 45.4 Å². The Morgan fingerprint density at radius 3 is 2.64 bits per heavy atom. The summed E-state index contributed by atoms with van der Waals surface area (Å²) in [6, 6.07) is 9.46. The van der Waals surface area contributed by atoms with Crippen LogP contribution in [-0.2, 0) is 17.2 Å². The van der Waals surface area contributed by atoms with Crippen molar-refractivity contribution in [3.05, 3.63) is 40.2 Å². The fourth-order valence-electron chi connectivity index (χ4n) is 3.28. The lowest BCUT2D eigenvalue weighted by Crippen LogP contribution is -2.22. The highest BCUT2D eigenvalue weighted by Gasteiger charge is 2.24. The Labute approximate surface area is 209 Å². The Morgan fingerprint density at radius 1 is 1.24 bits per heavy atom. The van der Waals surface area contributed by atoms with Gasteiger partial charge in [-0.2, -0.15) is 8.48 Å². The fourth-order valence-corrected chi connectivity index (χ4v) is 4.78. The molecule has 1 N–H and O–H groups in total. The zero-order chi connectivity index (χ0) is 24.2. The Hall–Kier alpha value is -1.32. The second-order valence-corrected chi connectivity index (χ2v) is 9.02. The van der Waals surface area contributed by atoms with Crippen molar-refractivity contribution in [1.29, 1.82) is 5.26 Å². The summed E-state index contributed by atoms with van der Waals surface area (Å²) in [5.74, 6) is 0. The standard InChI is InChI=1S/C22H31IN3O6P/c1-5-26(6-2)17-8-9-18-19(15-22(27)30-21(18)14-17)20(10-13-28-32-23)31-33(25-16(3)4)29-12-7-11-24/h8-9,14-16,20,25H,5-7,10,12-13H2,1-4H3. The Bertz CT molecular complexity index is 963. The Balaban J connectivity index is 2.45.